The Hall–Kier alpha value is -2.61. The predicted octanol–water partition coefficient (Wildman–Crippen LogP) is 3.70. The molecule has 4 rings (SSSR count). The van der Waals surface area contributed by atoms with Crippen LogP contribution >= 0.6 is 11.3 Å². The fourth-order valence-corrected chi connectivity index (χ4v) is 4.68. The van der Waals surface area contributed by atoms with E-state index in [-0.39, 0.29) is 5.82 Å². The van der Waals surface area contributed by atoms with Gasteiger partial charge >= 0.3 is 0 Å². The molecule has 8 heteroatoms. The Bertz CT molecular complexity index is 989. The topological polar surface area (TPSA) is 68.3 Å². The first-order valence-electron chi connectivity index (χ1n) is 10.7. The molecule has 6 nitrogen and oxygen atoms in total. The summed E-state index contributed by atoms with van der Waals surface area (Å²) >= 11 is 1.74. The van der Waals surface area contributed by atoms with Crippen molar-refractivity contribution < 1.29 is 4.39 Å². The highest BCUT2D eigenvalue weighted by Gasteiger charge is 2.15. The molecule has 0 amide bonds. The molecule has 0 radical (unpaired) electrons. The molecule has 0 bridgehead atoms. The summed E-state index contributed by atoms with van der Waals surface area (Å²) in [6, 6.07) is 4.87. The lowest BCUT2D eigenvalue weighted by atomic mass is 10.1. The van der Waals surface area contributed by atoms with Crippen molar-refractivity contribution in [1.29, 1.82) is 0 Å². The van der Waals surface area contributed by atoms with Crippen LogP contribution in [0.3, 0.4) is 0 Å². The van der Waals surface area contributed by atoms with Gasteiger partial charge in [0.25, 0.3) is 0 Å². The maximum atomic E-state index is 13.3. The minimum atomic E-state index is -0.219. The molecule has 3 heterocycles. The summed E-state index contributed by atoms with van der Waals surface area (Å²) in [6.07, 6.45) is 6.17. The summed E-state index contributed by atoms with van der Waals surface area (Å²) in [5, 5.41) is 11.1. The predicted molar refractivity (Wildman–Crippen MR) is 123 cm³/mol. The van der Waals surface area contributed by atoms with Gasteiger partial charge in [0, 0.05) is 61.6 Å². The Labute approximate surface area is 180 Å². The van der Waals surface area contributed by atoms with Crippen LogP contribution in [0.15, 0.2) is 34.8 Å². The summed E-state index contributed by atoms with van der Waals surface area (Å²) in [5.41, 5.74) is 3.12. The van der Waals surface area contributed by atoms with Gasteiger partial charge in [-0.15, -0.1) is 11.3 Å². The number of aromatic nitrogens is 2. The van der Waals surface area contributed by atoms with Crippen LogP contribution in [-0.2, 0) is 12.8 Å². The number of nitrogens with zero attached hydrogens (tertiary/aromatic N) is 3. The Morgan fingerprint density at radius 3 is 2.97 bits per heavy atom. The molecule has 30 heavy (non-hydrogen) atoms. The van der Waals surface area contributed by atoms with E-state index in [1.54, 1.807) is 11.3 Å². The van der Waals surface area contributed by atoms with Crippen LogP contribution in [0.25, 0.3) is 10.9 Å². The van der Waals surface area contributed by atoms with Gasteiger partial charge in [-0.2, -0.15) is 0 Å². The third kappa shape index (κ3) is 5.11. The number of hydrogen-bond donors (Lipinski definition) is 3. The van der Waals surface area contributed by atoms with Gasteiger partial charge in [0.2, 0.25) is 0 Å². The van der Waals surface area contributed by atoms with Crippen LogP contribution in [0, 0.1) is 5.82 Å². The zero-order chi connectivity index (χ0) is 20.8. The number of benzene rings is 1. The fraction of sp³-hybridized carbons (Fsp3) is 0.455. The Balaban J connectivity index is 1.28. The maximum Gasteiger partial charge on any atom is 0.191 e. The number of thiazole rings is 1. The Kier molecular flexibility index (Phi) is 6.84. The van der Waals surface area contributed by atoms with Crippen molar-refractivity contribution in [3.8, 4) is 0 Å². The monoisotopic (exact) mass is 428 g/mol. The number of rotatable bonds is 8. The molecule has 0 saturated carbocycles. The molecule has 1 fully saturated rings. The van der Waals surface area contributed by atoms with Crippen LogP contribution in [0.5, 0.6) is 0 Å². The average molecular weight is 429 g/mol. The van der Waals surface area contributed by atoms with Gasteiger partial charge in [0.15, 0.2) is 11.1 Å². The van der Waals surface area contributed by atoms with E-state index in [0.717, 1.165) is 66.7 Å². The smallest absolute Gasteiger partial charge is 0.191 e. The first-order chi connectivity index (χ1) is 14.7. The largest absolute Gasteiger partial charge is 0.361 e. The number of guanidine groups is 1. The fourth-order valence-electron chi connectivity index (χ4n) is 3.77. The van der Waals surface area contributed by atoms with E-state index in [0.29, 0.717) is 6.54 Å². The SMILES string of the molecule is CCNC(=NCCc1csc(N2CCCC2)n1)NCCc1c[nH]c2cc(F)ccc12. The number of halogens is 1. The summed E-state index contributed by atoms with van der Waals surface area (Å²) in [4.78, 5) is 15.0. The van der Waals surface area contributed by atoms with Gasteiger partial charge in [0.05, 0.1) is 5.69 Å². The summed E-state index contributed by atoms with van der Waals surface area (Å²) in [5.74, 6) is 0.599. The van der Waals surface area contributed by atoms with Crippen molar-refractivity contribution in [3.05, 3.63) is 46.9 Å². The number of hydrogen-bond acceptors (Lipinski definition) is 4. The van der Waals surface area contributed by atoms with Gasteiger partial charge in [-0.1, -0.05) is 0 Å². The van der Waals surface area contributed by atoms with Gasteiger partial charge in [-0.05, 0) is 49.9 Å². The standard InChI is InChI=1S/C22H29FN6S/c1-2-24-21(25-9-7-16-14-27-20-13-17(23)5-6-19(16)20)26-10-8-18-15-30-22(28-18)29-11-3-4-12-29/h5-6,13-15,27H,2-4,7-12H2,1H3,(H2,24,25,26). The van der Waals surface area contributed by atoms with Crippen molar-refractivity contribution in [2.45, 2.75) is 32.6 Å². The number of anilines is 1. The van der Waals surface area contributed by atoms with E-state index in [9.17, 15) is 4.39 Å². The van der Waals surface area contributed by atoms with E-state index in [1.165, 1.54) is 30.5 Å². The average Bonchev–Trinajstić information content (AvgIpc) is 3.49. The van der Waals surface area contributed by atoms with Gasteiger partial charge < -0.3 is 20.5 Å². The number of nitrogens with one attached hydrogen (secondary N) is 3. The second-order valence-electron chi connectivity index (χ2n) is 7.51. The highest BCUT2D eigenvalue weighted by molar-refractivity contribution is 7.13. The molecule has 3 aromatic rings. The molecule has 1 aliphatic heterocycles. The molecule has 0 unspecified atom stereocenters. The lowest BCUT2D eigenvalue weighted by molar-refractivity contribution is 0.629. The molecule has 3 N–H and O–H groups in total. The van der Waals surface area contributed by atoms with E-state index in [2.05, 4.69) is 32.8 Å². The Morgan fingerprint density at radius 2 is 2.13 bits per heavy atom. The number of aliphatic imine (C=N–C) groups is 1. The molecule has 160 valence electrons. The highest BCUT2D eigenvalue weighted by Crippen LogP contribution is 2.24. The van der Waals surface area contributed by atoms with Crippen molar-refractivity contribution in [1.82, 2.24) is 20.6 Å². The molecular weight excluding hydrogens is 399 g/mol. The molecule has 1 aliphatic rings. The highest BCUT2D eigenvalue weighted by atomic mass is 32.1. The van der Waals surface area contributed by atoms with Crippen LogP contribution in [0.2, 0.25) is 0 Å². The lowest BCUT2D eigenvalue weighted by Gasteiger charge is -2.12. The summed E-state index contributed by atoms with van der Waals surface area (Å²) in [6.45, 7) is 6.59. The minimum Gasteiger partial charge on any atom is -0.361 e. The second-order valence-corrected chi connectivity index (χ2v) is 8.34. The molecule has 0 aliphatic carbocycles. The third-order valence-electron chi connectivity index (χ3n) is 5.31. The summed E-state index contributed by atoms with van der Waals surface area (Å²) < 4.78 is 13.3. The third-order valence-corrected chi connectivity index (χ3v) is 6.26. The first kappa shape index (κ1) is 20.7. The maximum absolute atomic E-state index is 13.3. The van der Waals surface area contributed by atoms with Crippen molar-refractivity contribution >= 4 is 33.3 Å². The van der Waals surface area contributed by atoms with Crippen LogP contribution in [0.4, 0.5) is 9.52 Å². The van der Waals surface area contributed by atoms with Crippen molar-refractivity contribution in [2.75, 3.05) is 37.6 Å². The van der Waals surface area contributed by atoms with Gasteiger partial charge in [-0.3, -0.25) is 4.99 Å². The molecule has 1 aromatic carbocycles. The van der Waals surface area contributed by atoms with Gasteiger partial charge in [-0.25, -0.2) is 9.37 Å². The zero-order valence-electron chi connectivity index (χ0n) is 17.4. The van der Waals surface area contributed by atoms with Crippen LogP contribution in [0.1, 0.15) is 31.0 Å². The summed E-state index contributed by atoms with van der Waals surface area (Å²) in [7, 11) is 0. The van der Waals surface area contributed by atoms with E-state index in [1.807, 2.05) is 12.3 Å². The quantitative estimate of drug-likeness (QED) is 0.378. The second kappa shape index (κ2) is 9.93. The van der Waals surface area contributed by atoms with E-state index in [4.69, 9.17) is 9.98 Å². The number of aromatic amines is 1. The molecule has 0 spiro atoms. The minimum absolute atomic E-state index is 0.219. The van der Waals surface area contributed by atoms with Crippen LogP contribution < -0.4 is 15.5 Å². The van der Waals surface area contributed by atoms with E-state index >= 15 is 0 Å². The Morgan fingerprint density at radius 1 is 1.27 bits per heavy atom. The first-order valence-corrected chi connectivity index (χ1v) is 11.6. The van der Waals surface area contributed by atoms with Crippen LogP contribution in [-0.4, -0.2) is 48.7 Å². The van der Waals surface area contributed by atoms with E-state index < -0.39 is 0 Å². The van der Waals surface area contributed by atoms with Crippen molar-refractivity contribution in [3.63, 3.8) is 0 Å². The molecule has 1 saturated heterocycles. The van der Waals surface area contributed by atoms with Gasteiger partial charge in [0.1, 0.15) is 5.82 Å². The molecule has 2 aromatic heterocycles. The number of H-pyrrole nitrogens is 1. The number of fused-ring (bicyclic) bond motifs is 1. The zero-order valence-corrected chi connectivity index (χ0v) is 18.2. The van der Waals surface area contributed by atoms with Crippen molar-refractivity contribution in [2.24, 2.45) is 4.99 Å². The lowest BCUT2D eigenvalue weighted by Crippen LogP contribution is -2.38. The molecule has 0 atom stereocenters. The normalized spacial score (nSPS) is 14.6. The molecular formula is C22H29FN6S.